The number of aryl methyl sites for hydroxylation is 1. The monoisotopic (exact) mass is 357 g/mol. The molecular weight excluding hydrogens is 334 g/mol. The number of anilines is 1. The van der Waals surface area contributed by atoms with Crippen LogP contribution < -0.4 is 5.32 Å². The number of fused-ring (bicyclic) bond motifs is 1. The Kier molecular flexibility index (Phi) is 4.75. The molecular formula is C15H23N3O3S2. The van der Waals surface area contributed by atoms with E-state index < -0.39 is 10.0 Å². The number of piperidine rings is 1. The lowest BCUT2D eigenvalue weighted by Gasteiger charge is -2.29. The van der Waals surface area contributed by atoms with Gasteiger partial charge in [-0.15, -0.1) is 11.3 Å². The van der Waals surface area contributed by atoms with Crippen LogP contribution in [0.5, 0.6) is 0 Å². The third kappa shape index (κ3) is 3.92. The van der Waals surface area contributed by atoms with Gasteiger partial charge in [0.1, 0.15) is 0 Å². The van der Waals surface area contributed by atoms with E-state index in [1.165, 1.54) is 15.4 Å². The SMILES string of the molecule is C[C@H]1CCc2nc(NC(=O)C3CCN(S(C)(=O)=O)CC3)sc2C1. The quantitative estimate of drug-likeness (QED) is 0.896. The highest BCUT2D eigenvalue weighted by Gasteiger charge is 2.29. The van der Waals surface area contributed by atoms with Gasteiger partial charge >= 0.3 is 0 Å². The molecule has 1 aromatic heterocycles. The van der Waals surface area contributed by atoms with Gasteiger partial charge in [-0.05, 0) is 38.0 Å². The van der Waals surface area contributed by atoms with Crippen LogP contribution in [0.25, 0.3) is 0 Å². The highest BCUT2D eigenvalue weighted by molar-refractivity contribution is 7.88. The van der Waals surface area contributed by atoms with Gasteiger partial charge in [0.2, 0.25) is 15.9 Å². The van der Waals surface area contributed by atoms with Gasteiger partial charge in [-0.25, -0.2) is 17.7 Å². The minimum Gasteiger partial charge on any atom is -0.302 e. The van der Waals surface area contributed by atoms with Crippen LogP contribution >= 0.6 is 11.3 Å². The van der Waals surface area contributed by atoms with E-state index in [4.69, 9.17) is 0 Å². The van der Waals surface area contributed by atoms with E-state index in [0.29, 0.717) is 37.0 Å². The summed E-state index contributed by atoms with van der Waals surface area (Å²) in [6, 6.07) is 0. The Bertz CT molecular complexity index is 691. The van der Waals surface area contributed by atoms with E-state index >= 15 is 0 Å². The number of thiazole rings is 1. The fourth-order valence-electron chi connectivity index (χ4n) is 3.25. The molecule has 0 unspecified atom stereocenters. The number of hydrogen-bond acceptors (Lipinski definition) is 5. The molecule has 0 aromatic carbocycles. The standard InChI is InChI=1S/C15H23N3O3S2/c1-10-3-4-12-13(9-10)22-15(16-12)17-14(19)11-5-7-18(8-6-11)23(2,20)21/h10-11H,3-9H2,1-2H3,(H,16,17,19)/t10-/m0/s1. The van der Waals surface area contributed by atoms with E-state index in [2.05, 4.69) is 17.2 Å². The van der Waals surface area contributed by atoms with Crippen molar-refractivity contribution in [2.75, 3.05) is 24.7 Å². The Morgan fingerprint density at radius 3 is 2.65 bits per heavy atom. The Morgan fingerprint density at radius 1 is 1.30 bits per heavy atom. The highest BCUT2D eigenvalue weighted by Crippen LogP contribution is 2.32. The summed E-state index contributed by atoms with van der Waals surface area (Å²) in [7, 11) is -3.15. The first-order chi connectivity index (χ1) is 10.8. The van der Waals surface area contributed by atoms with Gasteiger partial charge in [-0.2, -0.15) is 0 Å². The third-order valence-electron chi connectivity index (χ3n) is 4.71. The molecule has 0 bridgehead atoms. The fraction of sp³-hybridized carbons (Fsp3) is 0.733. The number of carbonyl (C=O) groups excluding carboxylic acids is 1. The zero-order valence-electron chi connectivity index (χ0n) is 13.5. The minimum atomic E-state index is -3.15. The molecule has 6 nitrogen and oxygen atoms in total. The van der Waals surface area contributed by atoms with Gasteiger partial charge in [0.15, 0.2) is 5.13 Å². The van der Waals surface area contributed by atoms with Crippen LogP contribution in [0.4, 0.5) is 5.13 Å². The third-order valence-corrected chi connectivity index (χ3v) is 7.05. The summed E-state index contributed by atoms with van der Waals surface area (Å²) < 4.78 is 24.5. The average Bonchev–Trinajstić information content (AvgIpc) is 2.87. The van der Waals surface area contributed by atoms with Crippen LogP contribution in [0.3, 0.4) is 0 Å². The van der Waals surface area contributed by atoms with Gasteiger partial charge in [0.25, 0.3) is 0 Å². The predicted octanol–water partition coefficient (Wildman–Crippen LogP) is 1.88. The summed E-state index contributed by atoms with van der Waals surface area (Å²) in [5.74, 6) is 0.525. The zero-order chi connectivity index (χ0) is 16.6. The van der Waals surface area contributed by atoms with E-state index in [0.717, 1.165) is 25.0 Å². The number of carbonyl (C=O) groups is 1. The molecule has 0 spiro atoms. The molecule has 2 aliphatic rings. The smallest absolute Gasteiger partial charge is 0.229 e. The summed E-state index contributed by atoms with van der Waals surface area (Å²) in [6.07, 6.45) is 5.57. The van der Waals surface area contributed by atoms with Gasteiger partial charge in [0, 0.05) is 23.9 Å². The molecule has 1 N–H and O–H groups in total. The van der Waals surface area contributed by atoms with Crippen molar-refractivity contribution < 1.29 is 13.2 Å². The molecule has 1 atom stereocenters. The molecule has 1 saturated heterocycles. The topological polar surface area (TPSA) is 79.4 Å². The largest absolute Gasteiger partial charge is 0.302 e. The maximum Gasteiger partial charge on any atom is 0.229 e. The van der Waals surface area contributed by atoms with Crippen LogP contribution in [0.15, 0.2) is 0 Å². The van der Waals surface area contributed by atoms with Crippen LogP contribution in [0, 0.1) is 11.8 Å². The summed E-state index contributed by atoms with van der Waals surface area (Å²) in [5, 5.41) is 3.63. The first-order valence-electron chi connectivity index (χ1n) is 8.07. The lowest BCUT2D eigenvalue weighted by molar-refractivity contribution is -0.120. The predicted molar refractivity (Wildman–Crippen MR) is 91.1 cm³/mol. The number of aromatic nitrogens is 1. The van der Waals surface area contributed by atoms with Gasteiger partial charge in [0.05, 0.1) is 11.9 Å². The molecule has 1 aromatic rings. The second kappa shape index (κ2) is 6.49. The molecule has 0 radical (unpaired) electrons. The Balaban J connectivity index is 1.58. The van der Waals surface area contributed by atoms with E-state index in [1.807, 2.05) is 0 Å². The molecule has 2 heterocycles. The number of hydrogen-bond donors (Lipinski definition) is 1. The van der Waals surface area contributed by atoms with Crippen LogP contribution in [-0.2, 0) is 27.7 Å². The second-order valence-corrected chi connectivity index (χ2v) is 9.73. The van der Waals surface area contributed by atoms with Crippen LogP contribution in [0.1, 0.15) is 36.8 Å². The number of nitrogens with zero attached hydrogens (tertiary/aromatic N) is 2. The van der Waals surface area contributed by atoms with Crippen molar-refractivity contribution in [3.63, 3.8) is 0 Å². The molecule has 3 rings (SSSR count). The molecule has 1 fully saturated rings. The zero-order valence-corrected chi connectivity index (χ0v) is 15.2. The minimum absolute atomic E-state index is 0.0303. The number of nitrogens with one attached hydrogen (secondary N) is 1. The maximum absolute atomic E-state index is 12.4. The maximum atomic E-state index is 12.4. The summed E-state index contributed by atoms with van der Waals surface area (Å²) in [5.41, 5.74) is 1.13. The van der Waals surface area contributed by atoms with Gasteiger partial charge in [-0.1, -0.05) is 6.92 Å². The second-order valence-electron chi connectivity index (χ2n) is 6.66. The highest BCUT2D eigenvalue weighted by atomic mass is 32.2. The van der Waals surface area contributed by atoms with E-state index in [9.17, 15) is 13.2 Å². The van der Waals surface area contributed by atoms with Crippen molar-refractivity contribution in [2.24, 2.45) is 11.8 Å². The molecule has 1 aliphatic carbocycles. The van der Waals surface area contributed by atoms with Crippen molar-refractivity contribution in [1.82, 2.24) is 9.29 Å². The van der Waals surface area contributed by atoms with E-state index in [-0.39, 0.29) is 11.8 Å². The first kappa shape index (κ1) is 16.9. The van der Waals surface area contributed by atoms with Crippen molar-refractivity contribution in [3.05, 3.63) is 10.6 Å². The lowest BCUT2D eigenvalue weighted by Crippen LogP contribution is -2.40. The Labute approximate surface area is 141 Å². The molecule has 0 saturated carbocycles. The molecule has 1 amide bonds. The normalized spacial score (nSPS) is 23.5. The van der Waals surface area contributed by atoms with E-state index in [1.54, 1.807) is 11.3 Å². The lowest BCUT2D eigenvalue weighted by atomic mass is 9.93. The average molecular weight is 358 g/mol. The van der Waals surface area contributed by atoms with Crippen LogP contribution in [0.2, 0.25) is 0 Å². The van der Waals surface area contributed by atoms with Crippen molar-refractivity contribution >= 4 is 32.4 Å². The van der Waals surface area contributed by atoms with Gasteiger partial charge < -0.3 is 5.32 Å². The van der Waals surface area contributed by atoms with Crippen molar-refractivity contribution in [1.29, 1.82) is 0 Å². The Morgan fingerprint density at radius 2 is 2.00 bits per heavy atom. The van der Waals surface area contributed by atoms with Gasteiger partial charge in [-0.3, -0.25) is 4.79 Å². The fourth-order valence-corrected chi connectivity index (χ4v) is 5.30. The van der Waals surface area contributed by atoms with Crippen molar-refractivity contribution in [3.8, 4) is 0 Å². The summed E-state index contributed by atoms with van der Waals surface area (Å²) >= 11 is 1.59. The summed E-state index contributed by atoms with van der Waals surface area (Å²) in [4.78, 5) is 18.2. The number of rotatable bonds is 3. The molecule has 23 heavy (non-hydrogen) atoms. The first-order valence-corrected chi connectivity index (χ1v) is 10.7. The molecule has 8 heteroatoms. The van der Waals surface area contributed by atoms with Crippen molar-refractivity contribution in [2.45, 2.75) is 39.0 Å². The van der Waals surface area contributed by atoms with Crippen LogP contribution in [-0.4, -0.2) is 43.0 Å². The summed E-state index contributed by atoms with van der Waals surface area (Å²) in [6.45, 7) is 3.09. The molecule has 128 valence electrons. The number of amides is 1. The Hall–Kier alpha value is -0.990. The molecule has 1 aliphatic heterocycles. The number of sulfonamides is 1.